The average Bonchev–Trinajstić information content (AvgIpc) is 3.37. The van der Waals surface area contributed by atoms with E-state index in [9.17, 15) is 18.4 Å². The minimum atomic E-state index is -5.08. The maximum absolute atomic E-state index is 10.6. The molecule has 1 saturated heterocycles. The van der Waals surface area contributed by atoms with E-state index in [0.29, 0.717) is 18.6 Å². The largest absolute Gasteiger partial charge is 0.494 e. The van der Waals surface area contributed by atoms with Crippen molar-refractivity contribution in [2.24, 2.45) is 0 Å². The van der Waals surface area contributed by atoms with Gasteiger partial charge < -0.3 is 25.8 Å². The van der Waals surface area contributed by atoms with Crippen LogP contribution < -0.4 is 20.7 Å². The van der Waals surface area contributed by atoms with Crippen LogP contribution in [0.4, 0.5) is 30.4 Å². The van der Waals surface area contributed by atoms with Crippen molar-refractivity contribution in [3.63, 3.8) is 0 Å². The van der Waals surface area contributed by atoms with Crippen LogP contribution in [-0.4, -0.2) is 52.6 Å². The molecule has 38 heavy (non-hydrogen) atoms. The number of nitriles is 1. The second kappa shape index (κ2) is 12.8. The van der Waals surface area contributed by atoms with Gasteiger partial charge in [-0.15, -0.1) is 6.58 Å². The molecule has 1 aliphatic rings. The van der Waals surface area contributed by atoms with E-state index in [4.69, 9.17) is 14.6 Å². The summed E-state index contributed by atoms with van der Waals surface area (Å²) in [5, 5.41) is 32.2. The van der Waals surface area contributed by atoms with Gasteiger partial charge >= 0.3 is 12.1 Å². The topological polar surface area (TPSA) is 124 Å². The number of rotatable bonds is 8. The lowest BCUT2D eigenvalue weighted by molar-refractivity contribution is -0.192. The normalized spacial score (nSPS) is 15.1. The van der Waals surface area contributed by atoms with E-state index >= 15 is 0 Å². The lowest BCUT2D eigenvalue weighted by Crippen LogP contribution is -2.39. The smallest absolute Gasteiger partial charge is 0.490 e. The zero-order valence-electron chi connectivity index (χ0n) is 20.8. The van der Waals surface area contributed by atoms with Crippen LogP contribution in [-0.2, 0) is 11.2 Å². The maximum Gasteiger partial charge on any atom is 0.490 e. The second-order valence-electron chi connectivity index (χ2n) is 8.38. The summed E-state index contributed by atoms with van der Waals surface area (Å²) in [6.45, 7) is 8.46. The second-order valence-corrected chi connectivity index (χ2v) is 8.38. The molecular formula is C26H29F3N6O3. The summed E-state index contributed by atoms with van der Waals surface area (Å²) in [7, 11) is 0. The highest BCUT2D eigenvalue weighted by atomic mass is 19.4. The molecule has 0 saturated carbocycles. The molecule has 9 nitrogen and oxygen atoms in total. The number of halogens is 3. The molecule has 0 amide bonds. The molecule has 1 aliphatic heterocycles. The quantitative estimate of drug-likeness (QED) is 0.304. The minimum Gasteiger partial charge on any atom is -0.494 e. The van der Waals surface area contributed by atoms with Crippen molar-refractivity contribution in [2.45, 2.75) is 38.4 Å². The summed E-state index contributed by atoms with van der Waals surface area (Å²) in [6, 6.07) is 12.4. The molecule has 2 aromatic heterocycles. The summed E-state index contributed by atoms with van der Waals surface area (Å²) in [4.78, 5) is 8.90. The van der Waals surface area contributed by atoms with E-state index in [1.807, 2.05) is 43.3 Å². The average molecular weight is 531 g/mol. The molecule has 4 N–H and O–H groups in total. The third-order valence-corrected chi connectivity index (χ3v) is 5.72. The monoisotopic (exact) mass is 530 g/mol. The van der Waals surface area contributed by atoms with Crippen molar-refractivity contribution in [2.75, 3.05) is 30.3 Å². The van der Waals surface area contributed by atoms with E-state index in [0.717, 1.165) is 60.0 Å². The number of anilines is 3. The van der Waals surface area contributed by atoms with Crippen LogP contribution in [0.15, 0.2) is 49.2 Å². The van der Waals surface area contributed by atoms with Crippen molar-refractivity contribution in [1.82, 2.24) is 14.9 Å². The number of allylic oxidation sites excluding steroid dienone is 1. The summed E-state index contributed by atoms with van der Waals surface area (Å²) in [5.41, 5.74) is 4.13. The van der Waals surface area contributed by atoms with Crippen LogP contribution in [0.2, 0.25) is 0 Å². The van der Waals surface area contributed by atoms with Gasteiger partial charge in [-0.3, -0.25) is 0 Å². The number of nitrogens with one attached hydrogen (secondary N) is 3. The van der Waals surface area contributed by atoms with Gasteiger partial charge in [-0.05, 0) is 63.1 Å². The Bertz CT molecular complexity index is 1290. The predicted octanol–water partition coefficient (Wildman–Crippen LogP) is 4.87. The van der Waals surface area contributed by atoms with E-state index in [2.05, 4.69) is 33.7 Å². The van der Waals surface area contributed by atoms with Crippen LogP contribution in [0.25, 0.3) is 5.52 Å². The van der Waals surface area contributed by atoms with E-state index in [1.54, 1.807) is 10.7 Å². The van der Waals surface area contributed by atoms with Crippen molar-refractivity contribution >= 4 is 28.7 Å². The van der Waals surface area contributed by atoms with Crippen LogP contribution in [0.3, 0.4) is 0 Å². The zero-order chi connectivity index (χ0) is 27.7. The molecule has 3 heterocycles. The molecule has 12 heteroatoms. The van der Waals surface area contributed by atoms with Gasteiger partial charge in [0.2, 0.25) is 0 Å². The maximum atomic E-state index is 10.6. The van der Waals surface area contributed by atoms with Crippen LogP contribution in [0, 0.1) is 11.3 Å². The summed E-state index contributed by atoms with van der Waals surface area (Å²) >= 11 is 0. The molecule has 3 aromatic rings. The number of hydrogen-bond donors (Lipinski definition) is 4. The van der Waals surface area contributed by atoms with E-state index < -0.39 is 12.1 Å². The summed E-state index contributed by atoms with van der Waals surface area (Å²) in [5.74, 6) is -1.10. The highest BCUT2D eigenvalue weighted by Crippen LogP contribution is 2.35. The Morgan fingerprint density at radius 3 is 2.63 bits per heavy atom. The highest BCUT2D eigenvalue weighted by Gasteiger charge is 2.38. The Morgan fingerprint density at radius 2 is 2.08 bits per heavy atom. The van der Waals surface area contributed by atoms with Gasteiger partial charge in [0.05, 0.1) is 24.0 Å². The van der Waals surface area contributed by atoms with Gasteiger partial charge in [0, 0.05) is 23.8 Å². The number of aliphatic carboxylic acids is 1. The molecule has 0 aliphatic carbocycles. The SMILES string of the molecule is C=CCc1c(N[C@H]2CCCNC2)c(C#N)c2ccnn2c1Nc1ccc(OCC)cc1.O=C(O)C(F)(F)F. The molecule has 0 spiro atoms. The van der Waals surface area contributed by atoms with Crippen LogP contribution in [0.1, 0.15) is 30.9 Å². The highest BCUT2D eigenvalue weighted by molar-refractivity contribution is 5.83. The first kappa shape index (κ1) is 28.3. The van der Waals surface area contributed by atoms with Crippen molar-refractivity contribution in [3.8, 4) is 11.8 Å². The predicted molar refractivity (Wildman–Crippen MR) is 138 cm³/mol. The molecule has 0 unspecified atom stereocenters. The van der Waals surface area contributed by atoms with Gasteiger partial charge in [0.15, 0.2) is 0 Å². The summed E-state index contributed by atoms with van der Waals surface area (Å²) in [6.07, 6.45) is 1.29. The Morgan fingerprint density at radius 1 is 1.37 bits per heavy atom. The third kappa shape index (κ3) is 6.95. The number of carboxylic acid groups (broad SMARTS) is 1. The Labute approximate surface area is 217 Å². The lowest BCUT2D eigenvalue weighted by Gasteiger charge is -2.28. The fourth-order valence-electron chi connectivity index (χ4n) is 4.06. The van der Waals surface area contributed by atoms with Crippen molar-refractivity contribution < 1.29 is 27.8 Å². The minimum absolute atomic E-state index is 0.271. The number of carbonyl (C=O) groups is 1. The fourth-order valence-corrected chi connectivity index (χ4v) is 4.06. The molecule has 0 radical (unpaired) electrons. The van der Waals surface area contributed by atoms with Gasteiger partial charge in [0.25, 0.3) is 0 Å². The fraction of sp³-hybridized carbons (Fsp3) is 0.346. The van der Waals surface area contributed by atoms with Gasteiger partial charge in [-0.2, -0.15) is 23.5 Å². The Balaban J connectivity index is 0.000000505. The number of piperidine rings is 1. The van der Waals surface area contributed by atoms with Gasteiger partial charge in [-0.1, -0.05) is 6.08 Å². The first-order chi connectivity index (χ1) is 18.2. The lowest BCUT2D eigenvalue weighted by atomic mass is 10.0. The van der Waals surface area contributed by atoms with Gasteiger partial charge in [0.1, 0.15) is 23.2 Å². The van der Waals surface area contributed by atoms with E-state index in [-0.39, 0.29) is 6.04 Å². The number of pyridine rings is 1. The van der Waals surface area contributed by atoms with Crippen LogP contribution >= 0.6 is 0 Å². The number of ether oxygens (including phenoxy) is 1. The molecule has 0 bridgehead atoms. The molecule has 1 atom stereocenters. The first-order valence-electron chi connectivity index (χ1n) is 12.0. The van der Waals surface area contributed by atoms with Crippen LogP contribution in [0.5, 0.6) is 5.75 Å². The van der Waals surface area contributed by atoms with Crippen molar-refractivity contribution in [3.05, 3.63) is 60.3 Å². The number of aromatic nitrogens is 2. The van der Waals surface area contributed by atoms with E-state index in [1.165, 1.54) is 0 Å². The van der Waals surface area contributed by atoms with Gasteiger partial charge in [-0.25, -0.2) is 9.31 Å². The zero-order valence-corrected chi connectivity index (χ0v) is 20.8. The molecular weight excluding hydrogens is 501 g/mol. The molecule has 1 aromatic carbocycles. The third-order valence-electron chi connectivity index (χ3n) is 5.72. The number of hydrogen-bond acceptors (Lipinski definition) is 7. The number of nitrogens with zero attached hydrogens (tertiary/aromatic N) is 3. The molecule has 4 rings (SSSR count). The summed E-state index contributed by atoms with van der Waals surface area (Å²) < 4.78 is 39.1. The first-order valence-corrected chi connectivity index (χ1v) is 12.0. The Hall–Kier alpha value is -4.24. The number of carboxylic acids is 1. The number of fused-ring (bicyclic) bond motifs is 1. The standard InChI is InChI=1S/C24H28N6O.C2HF3O2/c1-3-6-20-23(28-18-7-5-13-26-16-18)21(15-25)22-12-14-27-30(22)24(20)29-17-8-10-19(11-9-17)31-4-2;3-2(4,5)1(6)7/h3,8-12,14,18,26,28-29H,1,4-7,13,16H2,2H3;(H,6,7)/t18-;/m0./s1. The Kier molecular flexibility index (Phi) is 9.56. The molecule has 202 valence electrons. The molecule has 1 fully saturated rings. The van der Waals surface area contributed by atoms with Crippen molar-refractivity contribution in [1.29, 1.82) is 5.26 Å². The number of benzene rings is 1. The number of alkyl halides is 3.